The Kier molecular flexibility index (Phi) is 5.69. The molecule has 0 saturated heterocycles. The molecule has 0 spiro atoms. The van der Waals surface area contributed by atoms with Crippen molar-refractivity contribution < 1.29 is 0 Å². The van der Waals surface area contributed by atoms with Crippen molar-refractivity contribution in [2.45, 2.75) is 59.5 Å². The van der Waals surface area contributed by atoms with Gasteiger partial charge in [0.2, 0.25) is 0 Å². The number of hydrogen-bond acceptors (Lipinski definition) is 2. The summed E-state index contributed by atoms with van der Waals surface area (Å²) in [5.74, 6) is 0.762. The lowest BCUT2D eigenvalue weighted by molar-refractivity contribution is 0.388. The van der Waals surface area contributed by atoms with Gasteiger partial charge in [0.25, 0.3) is 0 Å². The van der Waals surface area contributed by atoms with Crippen molar-refractivity contribution in [3.8, 4) is 0 Å². The molecule has 0 aliphatic rings. The average molecular weight is 237 g/mol. The van der Waals surface area contributed by atoms with Crippen molar-refractivity contribution in [2.75, 3.05) is 7.05 Å². The first-order chi connectivity index (χ1) is 8.12. The van der Waals surface area contributed by atoms with Gasteiger partial charge in [-0.25, -0.2) is 0 Å². The molecule has 0 bridgehead atoms. The van der Waals surface area contributed by atoms with Gasteiger partial charge in [-0.3, -0.25) is 4.68 Å². The molecule has 17 heavy (non-hydrogen) atoms. The molecule has 0 radical (unpaired) electrons. The second-order valence-corrected chi connectivity index (χ2v) is 5.00. The van der Waals surface area contributed by atoms with Crippen molar-refractivity contribution in [1.82, 2.24) is 15.1 Å². The summed E-state index contributed by atoms with van der Waals surface area (Å²) in [5.41, 5.74) is 2.45. The maximum Gasteiger partial charge on any atom is 0.0597 e. The van der Waals surface area contributed by atoms with E-state index in [4.69, 9.17) is 0 Å². The Bertz CT molecular complexity index is 330. The van der Waals surface area contributed by atoms with E-state index in [1.807, 2.05) is 7.05 Å². The summed E-state index contributed by atoms with van der Waals surface area (Å²) in [7, 11) is 2.05. The zero-order chi connectivity index (χ0) is 12.8. The van der Waals surface area contributed by atoms with E-state index in [1.54, 1.807) is 0 Å². The van der Waals surface area contributed by atoms with E-state index in [2.05, 4.69) is 48.9 Å². The van der Waals surface area contributed by atoms with Gasteiger partial charge in [-0.05, 0) is 39.3 Å². The van der Waals surface area contributed by atoms with Gasteiger partial charge in [0.15, 0.2) is 0 Å². The molecule has 0 aromatic carbocycles. The average Bonchev–Trinajstić information content (AvgIpc) is 2.67. The highest BCUT2D eigenvalue weighted by Gasteiger charge is 2.17. The molecule has 2 atom stereocenters. The lowest BCUT2D eigenvalue weighted by Gasteiger charge is -2.21. The Labute approximate surface area is 106 Å². The van der Waals surface area contributed by atoms with Crippen LogP contribution in [0.5, 0.6) is 0 Å². The fourth-order valence-corrected chi connectivity index (χ4v) is 2.50. The highest BCUT2D eigenvalue weighted by Crippen LogP contribution is 2.24. The van der Waals surface area contributed by atoms with Gasteiger partial charge in [0, 0.05) is 12.6 Å². The summed E-state index contributed by atoms with van der Waals surface area (Å²) >= 11 is 0. The van der Waals surface area contributed by atoms with Crippen LogP contribution in [-0.4, -0.2) is 16.8 Å². The van der Waals surface area contributed by atoms with E-state index < -0.39 is 0 Å². The number of nitrogens with zero attached hydrogens (tertiary/aromatic N) is 2. The largest absolute Gasteiger partial charge is 0.312 e. The van der Waals surface area contributed by atoms with Crippen LogP contribution in [0, 0.1) is 12.8 Å². The molecule has 0 aliphatic carbocycles. The maximum atomic E-state index is 4.53. The maximum absolute atomic E-state index is 4.53. The quantitative estimate of drug-likeness (QED) is 0.788. The number of rotatable bonds is 7. The van der Waals surface area contributed by atoms with Crippen molar-refractivity contribution in [3.05, 3.63) is 17.5 Å². The van der Waals surface area contributed by atoms with Crippen molar-refractivity contribution in [2.24, 2.45) is 5.92 Å². The van der Waals surface area contributed by atoms with Crippen molar-refractivity contribution in [3.63, 3.8) is 0 Å². The Hall–Kier alpha value is -0.830. The molecule has 0 saturated carbocycles. The number of aryl methyl sites for hydroxylation is 2. The second-order valence-electron chi connectivity index (χ2n) is 5.00. The topological polar surface area (TPSA) is 29.9 Å². The van der Waals surface area contributed by atoms with Crippen LogP contribution < -0.4 is 5.32 Å². The third-order valence-corrected chi connectivity index (χ3v) is 3.36. The van der Waals surface area contributed by atoms with Gasteiger partial charge in [-0.15, -0.1) is 0 Å². The Morgan fingerprint density at radius 2 is 2.12 bits per heavy atom. The third-order valence-electron chi connectivity index (χ3n) is 3.36. The lowest BCUT2D eigenvalue weighted by Crippen LogP contribution is -2.22. The summed E-state index contributed by atoms with van der Waals surface area (Å²) < 4.78 is 2.12. The fourth-order valence-electron chi connectivity index (χ4n) is 2.50. The van der Waals surface area contributed by atoms with Crippen LogP contribution in [0.1, 0.15) is 57.5 Å². The molecule has 3 heteroatoms. The summed E-state index contributed by atoms with van der Waals surface area (Å²) in [6.07, 6.45) is 3.76. The fraction of sp³-hybridized carbons (Fsp3) is 0.786. The summed E-state index contributed by atoms with van der Waals surface area (Å²) in [5, 5.41) is 7.96. The summed E-state index contributed by atoms with van der Waals surface area (Å²) in [6.45, 7) is 9.76. The monoisotopic (exact) mass is 237 g/mol. The van der Waals surface area contributed by atoms with Gasteiger partial charge in [-0.1, -0.05) is 26.7 Å². The molecule has 0 aliphatic heterocycles. The molecule has 0 amide bonds. The third kappa shape index (κ3) is 3.84. The van der Waals surface area contributed by atoms with Crippen LogP contribution in [-0.2, 0) is 6.54 Å². The van der Waals surface area contributed by atoms with Gasteiger partial charge in [-0.2, -0.15) is 5.10 Å². The first-order valence-electron chi connectivity index (χ1n) is 6.83. The molecule has 98 valence electrons. The van der Waals surface area contributed by atoms with Crippen LogP contribution in [0.15, 0.2) is 6.07 Å². The zero-order valence-corrected chi connectivity index (χ0v) is 12.0. The van der Waals surface area contributed by atoms with Gasteiger partial charge >= 0.3 is 0 Å². The first kappa shape index (κ1) is 14.2. The number of nitrogens with one attached hydrogen (secondary N) is 1. The molecule has 1 aromatic heterocycles. The van der Waals surface area contributed by atoms with E-state index in [-0.39, 0.29) is 0 Å². The van der Waals surface area contributed by atoms with E-state index in [0.29, 0.717) is 6.04 Å². The van der Waals surface area contributed by atoms with E-state index in [9.17, 15) is 0 Å². The lowest BCUT2D eigenvalue weighted by atomic mass is 9.95. The highest BCUT2D eigenvalue weighted by atomic mass is 15.3. The second kappa shape index (κ2) is 6.80. The van der Waals surface area contributed by atoms with Crippen LogP contribution in [0.25, 0.3) is 0 Å². The first-order valence-corrected chi connectivity index (χ1v) is 6.83. The Morgan fingerprint density at radius 3 is 2.65 bits per heavy atom. The predicted octanol–water partition coefficient (Wildman–Crippen LogP) is 3.30. The van der Waals surface area contributed by atoms with E-state index in [1.165, 1.54) is 25.0 Å². The van der Waals surface area contributed by atoms with Crippen molar-refractivity contribution >= 4 is 0 Å². The minimum Gasteiger partial charge on any atom is -0.312 e. The molecular formula is C14H27N3. The van der Waals surface area contributed by atoms with Crippen molar-refractivity contribution in [1.29, 1.82) is 0 Å². The van der Waals surface area contributed by atoms with E-state index >= 15 is 0 Å². The normalized spacial score (nSPS) is 14.9. The summed E-state index contributed by atoms with van der Waals surface area (Å²) in [4.78, 5) is 0. The van der Waals surface area contributed by atoms with Gasteiger partial charge in [0.05, 0.1) is 11.4 Å². The van der Waals surface area contributed by atoms with Crippen LogP contribution in [0.3, 0.4) is 0 Å². The molecule has 0 fully saturated rings. The molecule has 3 nitrogen and oxygen atoms in total. The SMILES string of the molecule is CCCC(C)CC(NC)c1cc(C)nn1CC. The molecule has 2 unspecified atom stereocenters. The Balaban J connectivity index is 2.78. The zero-order valence-electron chi connectivity index (χ0n) is 12.0. The van der Waals surface area contributed by atoms with Crippen LogP contribution >= 0.6 is 0 Å². The van der Waals surface area contributed by atoms with Gasteiger partial charge < -0.3 is 5.32 Å². The summed E-state index contributed by atoms with van der Waals surface area (Å²) in [6, 6.07) is 2.64. The predicted molar refractivity (Wildman–Crippen MR) is 73.1 cm³/mol. The highest BCUT2D eigenvalue weighted by molar-refractivity contribution is 5.13. The van der Waals surface area contributed by atoms with Gasteiger partial charge in [0.1, 0.15) is 0 Å². The number of aromatic nitrogens is 2. The number of hydrogen-bond donors (Lipinski definition) is 1. The van der Waals surface area contributed by atoms with Crippen LogP contribution in [0.4, 0.5) is 0 Å². The molecule has 1 N–H and O–H groups in total. The molecule has 1 rings (SSSR count). The van der Waals surface area contributed by atoms with E-state index in [0.717, 1.165) is 18.2 Å². The Morgan fingerprint density at radius 1 is 1.41 bits per heavy atom. The van der Waals surface area contributed by atoms with Crippen LogP contribution in [0.2, 0.25) is 0 Å². The minimum absolute atomic E-state index is 0.428. The smallest absolute Gasteiger partial charge is 0.0597 e. The standard InChI is InChI=1S/C14H27N3/c1-6-8-11(3)9-13(15-5)14-10-12(4)16-17(14)7-2/h10-11,13,15H,6-9H2,1-5H3. The molecule has 1 aromatic rings. The molecular weight excluding hydrogens is 210 g/mol. The minimum atomic E-state index is 0.428. The molecule has 1 heterocycles.